The van der Waals surface area contributed by atoms with Crippen LogP contribution in [0, 0.1) is 0 Å². The molecule has 53 heavy (non-hydrogen) atoms. The van der Waals surface area contributed by atoms with Crippen molar-refractivity contribution < 1.29 is 43.0 Å². The van der Waals surface area contributed by atoms with Crippen LogP contribution < -0.4 is 0 Å². The Kier molecular flexibility index (Phi) is 35.1. The van der Waals surface area contributed by atoms with Crippen molar-refractivity contribution in [1.82, 2.24) is 0 Å². The van der Waals surface area contributed by atoms with Gasteiger partial charge in [-0.2, -0.15) is 0 Å². The maximum atomic E-state index is 12.4. The van der Waals surface area contributed by atoms with Gasteiger partial charge in [-0.15, -0.1) is 0 Å². The number of hydrogen-bond acceptors (Lipinski definition) is 7. The minimum atomic E-state index is -4.80. The van der Waals surface area contributed by atoms with E-state index >= 15 is 0 Å². The van der Waals surface area contributed by atoms with Crippen molar-refractivity contribution in [1.29, 1.82) is 0 Å². The van der Waals surface area contributed by atoms with Crippen LogP contribution in [0.1, 0.15) is 136 Å². The smallest absolute Gasteiger partial charge is 0.462 e. The van der Waals surface area contributed by atoms with Gasteiger partial charge >= 0.3 is 19.8 Å². The quantitative estimate of drug-likeness (QED) is 0.0192. The molecule has 0 spiro atoms. The first-order valence-corrected chi connectivity index (χ1v) is 21.2. The van der Waals surface area contributed by atoms with E-state index in [9.17, 15) is 19.3 Å². The Bertz CT molecular complexity index is 1190. The van der Waals surface area contributed by atoms with Crippen LogP contribution in [0.4, 0.5) is 0 Å². The van der Waals surface area contributed by atoms with Crippen LogP contribution in [0.3, 0.4) is 0 Å². The third-order valence-corrected chi connectivity index (χ3v) is 8.15. The number of phosphoric ester groups is 1. The lowest BCUT2D eigenvalue weighted by Gasteiger charge is -2.18. The maximum absolute atomic E-state index is 12.4. The third-order valence-electron chi connectivity index (χ3n) is 7.67. The summed E-state index contributed by atoms with van der Waals surface area (Å²) >= 11 is 0. The van der Waals surface area contributed by atoms with E-state index in [4.69, 9.17) is 19.3 Å². The van der Waals surface area contributed by atoms with E-state index in [1.807, 2.05) is 18.2 Å². The lowest BCUT2D eigenvalue weighted by molar-refractivity contribution is -0.161. The average molecular weight is 761 g/mol. The SMILES string of the molecule is CC/C=C\C/C=C\C/C=C\C/C=C\CCCCCCC(=O)OC[C@H](COP(=O)(O)O)OC(=O)CCC/C=C/C=C\C(O)C/C=C\C/C=C\CCCCC. The molecule has 0 saturated heterocycles. The summed E-state index contributed by atoms with van der Waals surface area (Å²) in [5, 5.41) is 10.1. The molecule has 0 aromatic carbocycles. The van der Waals surface area contributed by atoms with Crippen molar-refractivity contribution in [2.75, 3.05) is 13.2 Å². The van der Waals surface area contributed by atoms with Gasteiger partial charge < -0.3 is 24.4 Å². The van der Waals surface area contributed by atoms with Gasteiger partial charge in [0.25, 0.3) is 0 Å². The summed E-state index contributed by atoms with van der Waals surface area (Å²) in [5.41, 5.74) is 0. The number of carbonyl (C=O) groups excluding carboxylic acids is 2. The van der Waals surface area contributed by atoms with Crippen molar-refractivity contribution in [2.45, 2.75) is 148 Å². The predicted octanol–water partition coefficient (Wildman–Crippen LogP) is 10.8. The van der Waals surface area contributed by atoms with Crippen molar-refractivity contribution in [3.63, 3.8) is 0 Å². The summed E-state index contributed by atoms with van der Waals surface area (Å²) in [4.78, 5) is 42.8. The first kappa shape index (κ1) is 49.9. The maximum Gasteiger partial charge on any atom is 0.469 e. The zero-order chi connectivity index (χ0) is 39.1. The predicted molar refractivity (Wildman–Crippen MR) is 217 cm³/mol. The van der Waals surface area contributed by atoms with Crippen LogP contribution in [0.5, 0.6) is 0 Å². The zero-order valence-corrected chi connectivity index (χ0v) is 33.4. The summed E-state index contributed by atoms with van der Waals surface area (Å²) < 4.78 is 26.2. The highest BCUT2D eigenvalue weighted by Crippen LogP contribution is 2.35. The molecule has 0 aliphatic rings. The molecule has 3 N–H and O–H groups in total. The number of unbranched alkanes of at least 4 members (excludes halogenated alkanes) is 8. The van der Waals surface area contributed by atoms with E-state index in [2.05, 4.69) is 79.1 Å². The Morgan fingerprint density at radius 2 is 1.15 bits per heavy atom. The Balaban J connectivity index is 4.21. The van der Waals surface area contributed by atoms with E-state index in [1.165, 1.54) is 19.3 Å². The number of aliphatic hydroxyl groups excluding tert-OH is 1. The van der Waals surface area contributed by atoms with Gasteiger partial charge in [0.1, 0.15) is 6.61 Å². The Labute approximate surface area is 320 Å². The van der Waals surface area contributed by atoms with E-state index in [1.54, 1.807) is 18.2 Å². The molecule has 0 aliphatic carbocycles. The van der Waals surface area contributed by atoms with Gasteiger partial charge in [-0.25, -0.2) is 4.57 Å². The van der Waals surface area contributed by atoms with E-state index in [0.717, 1.165) is 64.2 Å². The fourth-order valence-corrected chi connectivity index (χ4v) is 5.09. The third kappa shape index (κ3) is 40.0. The van der Waals surface area contributed by atoms with Gasteiger partial charge in [-0.1, -0.05) is 137 Å². The molecule has 10 heteroatoms. The number of rotatable bonds is 34. The van der Waals surface area contributed by atoms with Crippen molar-refractivity contribution >= 4 is 19.8 Å². The molecule has 0 radical (unpaired) electrons. The normalized spacial score (nSPS) is 14.1. The van der Waals surface area contributed by atoms with Crippen molar-refractivity contribution in [3.05, 3.63) is 97.2 Å². The van der Waals surface area contributed by atoms with Crippen LogP contribution in [-0.4, -0.2) is 52.3 Å². The summed E-state index contributed by atoms with van der Waals surface area (Å²) in [6, 6.07) is 0. The first-order valence-electron chi connectivity index (χ1n) is 19.6. The van der Waals surface area contributed by atoms with Crippen LogP contribution in [-0.2, 0) is 28.2 Å². The van der Waals surface area contributed by atoms with Crippen molar-refractivity contribution in [2.24, 2.45) is 0 Å². The fraction of sp³-hybridized carbons (Fsp3) is 0.581. The highest BCUT2D eigenvalue weighted by atomic mass is 31.2. The summed E-state index contributed by atoms with van der Waals surface area (Å²) in [7, 11) is -4.80. The zero-order valence-electron chi connectivity index (χ0n) is 32.5. The van der Waals surface area contributed by atoms with Crippen LogP contribution >= 0.6 is 7.82 Å². The molecule has 2 atom stereocenters. The number of carbonyl (C=O) groups is 2. The Hall–Kier alpha value is -3.07. The lowest BCUT2D eigenvalue weighted by Crippen LogP contribution is -2.29. The van der Waals surface area contributed by atoms with Gasteiger partial charge in [-0.3, -0.25) is 14.1 Å². The molecule has 0 saturated carbocycles. The number of ether oxygens (including phenoxy) is 2. The summed E-state index contributed by atoms with van der Waals surface area (Å²) in [6.45, 7) is 3.37. The number of phosphoric acid groups is 1. The van der Waals surface area contributed by atoms with Crippen LogP contribution in [0.15, 0.2) is 97.2 Å². The van der Waals surface area contributed by atoms with Gasteiger partial charge in [-0.05, 0) is 83.5 Å². The van der Waals surface area contributed by atoms with Crippen LogP contribution in [0.2, 0.25) is 0 Å². The van der Waals surface area contributed by atoms with E-state index in [-0.39, 0.29) is 19.4 Å². The molecule has 300 valence electrons. The van der Waals surface area contributed by atoms with Crippen LogP contribution in [0.25, 0.3) is 0 Å². The Morgan fingerprint density at radius 3 is 1.77 bits per heavy atom. The second-order valence-corrected chi connectivity index (χ2v) is 14.0. The molecule has 0 aromatic heterocycles. The number of esters is 2. The van der Waals surface area contributed by atoms with Gasteiger partial charge in [0, 0.05) is 12.8 Å². The molecular weight excluding hydrogens is 691 g/mol. The molecule has 9 nitrogen and oxygen atoms in total. The average Bonchev–Trinajstić information content (AvgIpc) is 3.12. The van der Waals surface area contributed by atoms with E-state index < -0.39 is 38.6 Å². The number of hydrogen-bond donors (Lipinski definition) is 3. The van der Waals surface area contributed by atoms with Gasteiger partial charge in [0.15, 0.2) is 6.10 Å². The van der Waals surface area contributed by atoms with Gasteiger partial charge in [0.05, 0.1) is 12.7 Å². The Morgan fingerprint density at radius 1 is 0.604 bits per heavy atom. The molecule has 0 rings (SSSR count). The number of allylic oxidation sites excluding steroid dienone is 14. The highest BCUT2D eigenvalue weighted by Gasteiger charge is 2.22. The summed E-state index contributed by atoms with van der Waals surface area (Å²) in [5.74, 6) is -1.05. The van der Waals surface area contributed by atoms with Gasteiger partial charge in [0.2, 0.25) is 0 Å². The molecule has 0 heterocycles. The topological polar surface area (TPSA) is 140 Å². The van der Waals surface area contributed by atoms with Crippen molar-refractivity contribution in [3.8, 4) is 0 Å². The molecule has 0 amide bonds. The largest absolute Gasteiger partial charge is 0.469 e. The first-order chi connectivity index (χ1) is 25.7. The number of aliphatic hydroxyl groups is 1. The minimum Gasteiger partial charge on any atom is -0.462 e. The van der Waals surface area contributed by atoms with E-state index in [0.29, 0.717) is 25.7 Å². The molecular formula is C43H69O9P. The second-order valence-electron chi connectivity index (χ2n) is 12.7. The molecule has 0 aromatic rings. The lowest BCUT2D eigenvalue weighted by atomic mass is 10.1. The monoisotopic (exact) mass is 760 g/mol. The second kappa shape index (κ2) is 37.3. The molecule has 0 fully saturated rings. The fourth-order valence-electron chi connectivity index (χ4n) is 4.73. The minimum absolute atomic E-state index is 0.0653. The molecule has 1 unspecified atom stereocenters. The molecule has 0 bridgehead atoms. The highest BCUT2D eigenvalue weighted by molar-refractivity contribution is 7.46. The summed E-state index contributed by atoms with van der Waals surface area (Å²) in [6.07, 6.45) is 47.2. The molecule has 0 aliphatic heterocycles. The standard InChI is InChI=1S/C43H69O9P/c1-3-5-7-9-11-13-14-15-16-17-18-19-20-22-24-28-32-36-42(45)50-38-41(39-51-53(47,48)49)52-43(46)37-33-29-25-27-31-35-40(44)34-30-26-23-21-12-10-8-6-4-2/h5,7,11-13,15-16,18-19,21,25-27,30-31,35,40-41,44H,3-4,6,8-10,14,17,20,22-24,28-29,32-34,36-39H2,1-2H3,(H2,47,48,49)/b7-5-,13-11-,16-15-,19-18-,21-12-,27-25+,30-26-,35-31-/t40?,41-/m1/s1.